The number of β-amino-alcohol motifs (C(OH)–C–C–N with tert-alkyl or cyclic N) is 1. The Labute approximate surface area is 185 Å². The zero-order valence-electron chi connectivity index (χ0n) is 18.6. The summed E-state index contributed by atoms with van der Waals surface area (Å²) < 4.78 is 6.14. The normalized spacial score (nSPS) is 27.2. The second-order valence-electron chi connectivity index (χ2n) is 9.90. The van der Waals surface area contributed by atoms with Gasteiger partial charge in [-0.15, -0.1) is 11.8 Å². The molecule has 0 spiro atoms. The zero-order valence-corrected chi connectivity index (χ0v) is 19.4. The second-order valence-corrected chi connectivity index (χ2v) is 11.0. The molecule has 1 heterocycles. The fourth-order valence-corrected chi connectivity index (χ4v) is 5.40. The first-order valence-electron chi connectivity index (χ1n) is 11.3. The summed E-state index contributed by atoms with van der Waals surface area (Å²) in [6, 6.07) is 9.95. The molecule has 30 heavy (non-hydrogen) atoms. The van der Waals surface area contributed by atoms with Crippen molar-refractivity contribution in [1.82, 2.24) is 4.90 Å². The lowest BCUT2D eigenvalue weighted by atomic mass is 9.74. The lowest BCUT2D eigenvalue weighted by Crippen LogP contribution is -2.54. The van der Waals surface area contributed by atoms with Gasteiger partial charge in [-0.3, -0.25) is 10.3 Å². The zero-order chi connectivity index (χ0) is 21.7. The first-order chi connectivity index (χ1) is 14.2. The second kappa shape index (κ2) is 10.5. The number of aliphatic hydroxyl groups is 2. The number of piperidine rings is 1. The van der Waals surface area contributed by atoms with Crippen molar-refractivity contribution in [2.24, 2.45) is 17.3 Å². The van der Waals surface area contributed by atoms with Crippen molar-refractivity contribution in [1.29, 1.82) is 5.41 Å². The molecule has 1 aliphatic carbocycles. The summed E-state index contributed by atoms with van der Waals surface area (Å²) in [6.07, 6.45) is 4.09. The molecule has 2 fully saturated rings. The summed E-state index contributed by atoms with van der Waals surface area (Å²) in [4.78, 5) is 3.26. The highest BCUT2D eigenvalue weighted by Crippen LogP contribution is 2.39. The van der Waals surface area contributed by atoms with Crippen molar-refractivity contribution in [3.8, 4) is 0 Å². The van der Waals surface area contributed by atoms with Crippen LogP contribution in [0.25, 0.3) is 0 Å². The van der Waals surface area contributed by atoms with Gasteiger partial charge in [-0.2, -0.15) is 0 Å². The average Bonchev–Trinajstić information content (AvgIpc) is 2.72. The maximum Gasteiger partial charge on any atom is 0.187 e. The molecule has 0 amide bonds. The highest BCUT2D eigenvalue weighted by atomic mass is 32.2. The van der Waals surface area contributed by atoms with Crippen molar-refractivity contribution in [3.63, 3.8) is 0 Å². The predicted molar refractivity (Wildman–Crippen MR) is 123 cm³/mol. The van der Waals surface area contributed by atoms with Gasteiger partial charge < -0.3 is 14.9 Å². The Kier molecular flexibility index (Phi) is 8.24. The van der Waals surface area contributed by atoms with Crippen molar-refractivity contribution in [3.05, 3.63) is 30.3 Å². The Morgan fingerprint density at radius 1 is 1.13 bits per heavy atom. The van der Waals surface area contributed by atoms with Gasteiger partial charge in [0.05, 0.1) is 12.2 Å². The Balaban J connectivity index is 1.61. The first-order valence-corrected chi connectivity index (χ1v) is 12.3. The molecule has 1 aromatic carbocycles. The van der Waals surface area contributed by atoms with Crippen molar-refractivity contribution in [2.45, 2.75) is 76.2 Å². The quantitative estimate of drug-likeness (QED) is 0.337. The maximum atomic E-state index is 10.7. The van der Waals surface area contributed by atoms with Gasteiger partial charge in [-0.25, -0.2) is 0 Å². The molecule has 5 atom stereocenters. The van der Waals surface area contributed by atoms with E-state index >= 15 is 0 Å². The highest BCUT2D eigenvalue weighted by Gasteiger charge is 2.40. The van der Waals surface area contributed by atoms with Gasteiger partial charge in [0.1, 0.15) is 0 Å². The topological polar surface area (TPSA) is 76.8 Å². The number of hydrogen-bond donors (Lipinski definition) is 3. The number of rotatable bonds is 7. The Morgan fingerprint density at radius 2 is 1.80 bits per heavy atom. The van der Waals surface area contributed by atoms with Gasteiger partial charge in [0.15, 0.2) is 12.1 Å². The number of benzene rings is 1. The van der Waals surface area contributed by atoms with Gasteiger partial charge in [-0.1, -0.05) is 51.8 Å². The van der Waals surface area contributed by atoms with Gasteiger partial charge in [0.2, 0.25) is 0 Å². The lowest BCUT2D eigenvalue weighted by Gasteiger charge is -2.47. The molecule has 168 valence electrons. The van der Waals surface area contributed by atoms with Crippen LogP contribution in [-0.2, 0) is 4.74 Å². The molecule has 5 nitrogen and oxygen atoms in total. The molecule has 1 aromatic rings. The van der Waals surface area contributed by atoms with Crippen molar-refractivity contribution >= 4 is 17.7 Å². The molecule has 1 saturated heterocycles. The van der Waals surface area contributed by atoms with E-state index in [1.807, 2.05) is 51.1 Å². The molecule has 1 aliphatic heterocycles. The van der Waals surface area contributed by atoms with Crippen LogP contribution in [0.15, 0.2) is 35.2 Å². The molecule has 3 rings (SSSR count). The van der Waals surface area contributed by atoms with E-state index in [-0.39, 0.29) is 11.6 Å². The fourth-order valence-electron chi connectivity index (χ4n) is 4.46. The van der Waals surface area contributed by atoms with Crippen LogP contribution in [0.5, 0.6) is 0 Å². The van der Waals surface area contributed by atoms with Crippen LogP contribution >= 0.6 is 11.8 Å². The van der Waals surface area contributed by atoms with Gasteiger partial charge in [0.25, 0.3) is 0 Å². The molecule has 3 N–H and O–H groups in total. The molecule has 1 saturated carbocycles. The number of fused-ring (bicyclic) bond motifs is 1. The number of aliphatic hydroxyl groups excluding tert-OH is 2. The third kappa shape index (κ3) is 6.46. The molecule has 0 unspecified atom stereocenters. The molecular formula is C24H38N2O3S. The number of nitrogens with zero attached hydrogens (tertiary/aromatic N) is 1. The Hall–Kier alpha value is -1.08. The summed E-state index contributed by atoms with van der Waals surface area (Å²) in [5, 5.41) is 29.7. The minimum absolute atomic E-state index is 0.195. The fraction of sp³-hybridized carbons (Fsp3) is 0.708. The summed E-state index contributed by atoms with van der Waals surface area (Å²) in [7, 11) is 0. The van der Waals surface area contributed by atoms with E-state index in [1.54, 1.807) is 11.8 Å². The van der Waals surface area contributed by atoms with Crippen LogP contribution < -0.4 is 0 Å². The SMILES string of the molecule is CC(C)(C)C(=N)O[C@@H]1C[C@@H]2CCCC[C@@H]2CN1C[C@@H](O)[C@@H](O)CSc1ccccc1. The smallest absolute Gasteiger partial charge is 0.187 e. The summed E-state index contributed by atoms with van der Waals surface area (Å²) in [5.41, 5.74) is -0.334. The average molecular weight is 435 g/mol. The van der Waals surface area contributed by atoms with E-state index < -0.39 is 12.2 Å². The van der Waals surface area contributed by atoms with E-state index in [1.165, 1.54) is 25.7 Å². The van der Waals surface area contributed by atoms with Crippen LogP contribution in [0.2, 0.25) is 0 Å². The maximum absolute atomic E-state index is 10.7. The third-order valence-electron chi connectivity index (χ3n) is 6.41. The van der Waals surface area contributed by atoms with Gasteiger partial charge >= 0.3 is 0 Å². The lowest BCUT2D eigenvalue weighted by molar-refractivity contribution is -0.0971. The number of likely N-dealkylation sites (tertiary alicyclic amines) is 1. The van der Waals surface area contributed by atoms with Gasteiger partial charge in [0, 0.05) is 35.6 Å². The summed E-state index contributed by atoms with van der Waals surface area (Å²) in [6.45, 7) is 7.23. The summed E-state index contributed by atoms with van der Waals surface area (Å²) >= 11 is 1.56. The molecule has 0 bridgehead atoms. The van der Waals surface area contributed by atoms with Crippen LogP contribution in [-0.4, -0.2) is 58.3 Å². The van der Waals surface area contributed by atoms with Crippen LogP contribution in [0.4, 0.5) is 0 Å². The van der Waals surface area contributed by atoms with Crippen LogP contribution in [0.1, 0.15) is 52.9 Å². The number of thioether (sulfide) groups is 1. The molecule has 0 aromatic heterocycles. The third-order valence-corrected chi connectivity index (χ3v) is 7.53. The standard InChI is InChI=1S/C24H38N2O3S/c1-24(2,3)23(25)29-22-13-17-9-7-8-10-18(17)14-26(22)15-20(27)21(28)16-30-19-11-5-4-6-12-19/h4-6,11-12,17-18,20-22,25,27-28H,7-10,13-16H2,1-3H3/t17-,18+,20+,21-,22+/m0/s1. The molecule has 6 heteroatoms. The summed E-state index contributed by atoms with van der Waals surface area (Å²) in [5.74, 6) is 2.02. The van der Waals surface area contributed by atoms with E-state index in [0.29, 0.717) is 30.0 Å². The van der Waals surface area contributed by atoms with E-state index in [0.717, 1.165) is 17.9 Å². The minimum Gasteiger partial charge on any atom is -0.462 e. The Bertz CT molecular complexity index is 679. The van der Waals surface area contributed by atoms with Crippen molar-refractivity contribution < 1.29 is 14.9 Å². The number of ether oxygens (including phenoxy) is 1. The largest absolute Gasteiger partial charge is 0.462 e. The first kappa shape index (κ1) is 23.6. The van der Waals surface area contributed by atoms with Gasteiger partial charge in [-0.05, 0) is 36.8 Å². The number of nitrogens with one attached hydrogen (secondary N) is 1. The van der Waals surface area contributed by atoms with E-state index in [2.05, 4.69) is 4.90 Å². The molecule has 0 radical (unpaired) electrons. The van der Waals surface area contributed by atoms with Crippen LogP contribution in [0.3, 0.4) is 0 Å². The molecular weight excluding hydrogens is 396 g/mol. The highest BCUT2D eigenvalue weighted by molar-refractivity contribution is 7.99. The van der Waals surface area contributed by atoms with Crippen LogP contribution in [0, 0.1) is 22.7 Å². The Morgan fingerprint density at radius 3 is 2.47 bits per heavy atom. The molecule has 2 aliphatic rings. The van der Waals surface area contributed by atoms with E-state index in [4.69, 9.17) is 10.1 Å². The monoisotopic (exact) mass is 434 g/mol. The number of hydrogen-bond acceptors (Lipinski definition) is 6. The van der Waals surface area contributed by atoms with Crippen molar-refractivity contribution in [2.75, 3.05) is 18.8 Å². The minimum atomic E-state index is -0.837. The predicted octanol–water partition coefficient (Wildman–Crippen LogP) is 4.38. The van der Waals surface area contributed by atoms with E-state index in [9.17, 15) is 10.2 Å².